The summed E-state index contributed by atoms with van der Waals surface area (Å²) in [5.41, 5.74) is 4.46. The number of nitrogens with zero attached hydrogens (tertiary/aromatic N) is 1. The van der Waals surface area contributed by atoms with Crippen LogP contribution in [0.25, 0.3) is 6.08 Å². The zero-order valence-corrected chi connectivity index (χ0v) is 14.3. The van der Waals surface area contributed by atoms with E-state index in [4.69, 9.17) is 16.3 Å². The molecule has 0 saturated heterocycles. The molecule has 0 bridgehead atoms. The van der Waals surface area contributed by atoms with Crippen molar-refractivity contribution in [2.75, 3.05) is 0 Å². The van der Waals surface area contributed by atoms with Crippen LogP contribution < -0.4 is 10.2 Å². The van der Waals surface area contributed by atoms with E-state index in [1.807, 2.05) is 43.3 Å². The highest BCUT2D eigenvalue weighted by Crippen LogP contribution is 2.18. The Hall–Kier alpha value is -2.59. The van der Waals surface area contributed by atoms with Gasteiger partial charge in [0.15, 0.2) is 6.10 Å². The van der Waals surface area contributed by atoms with Crippen LogP contribution in [-0.2, 0) is 4.79 Å². The van der Waals surface area contributed by atoms with E-state index in [1.165, 1.54) is 0 Å². The maximum Gasteiger partial charge on any atom is 0.280 e. The topological polar surface area (TPSA) is 50.7 Å². The van der Waals surface area contributed by atoms with Crippen molar-refractivity contribution in [3.63, 3.8) is 0 Å². The molecule has 2 aromatic rings. The number of benzene rings is 2. The first-order valence-electron chi connectivity index (χ1n) is 7.53. The Labute approximate surface area is 146 Å². The zero-order valence-electron chi connectivity index (χ0n) is 13.6. The second-order valence-electron chi connectivity index (χ2n) is 5.25. The molecule has 0 aliphatic carbocycles. The van der Waals surface area contributed by atoms with Crippen LogP contribution in [0.4, 0.5) is 0 Å². The second-order valence-corrected chi connectivity index (χ2v) is 5.69. The largest absolute Gasteiger partial charge is 0.481 e. The van der Waals surface area contributed by atoms with Gasteiger partial charge in [-0.05, 0) is 43.2 Å². The van der Waals surface area contributed by atoms with Crippen molar-refractivity contribution in [1.29, 1.82) is 0 Å². The fourth-order valence-electron chi connectivity index (χ4n) is 1.94. The molecule has 0 saturated carbocycles. The standard InChI is InChI=1S/C19H19ClN2O2/c1-14(11-16-7-4-3-5-8-16)13-21-22-19(23)15(2)24-18-10-6-9-17(20)12-18/h3-13,15H,1-2H3,(H,22,23)/b14-11-,21-13+. The lowest BCUT2D eigenvalue weighted by atomic mass is 10.1. The summed E-state index contributed by atoms with van der Waals surface area (Å²) in [6.07, 6.45) is 2.89. The Morgan fingerprint density at radius 2 is 1.96 bits per heavy atom. The van der Waals surface area contributed by atoms with Crippen LogP contribution >= 0.6 is 11.6 Å². The molecule has 1 unspecified atom stereocenters. The third-order valence-corrected chi connectivity index (χ3v) is 3.35. The zero-order chi connectivity index (χ0) is 17.4. The van der Waals surface area contributed by atoms with E-state index in [2.05, 4.69) is 10.5 Å². The van der Waals surface area contributed by atoms with Gasteiger partial charge in [0.25, 0.3) is 5.91 Å². The van der Waals surface area contributed by atoms with E-state index in [9.17, 15) is 4.79 Å². The third-order valence-electron chi connectivity index (χ3n) is 3.12. The molecule has 2 rings (SSSR count). The quantitative estimate of drug-likeness (QED) is 0.628. The number of carbonyl (C=O) groups excluding carboxylic acids is 1. The van der Waals surface area contributed by atoms with Gasteiger partial charge in [-0.1, -0.05) is 54.1 Å². The SMILES string of the molecule is CC(=C/c1ccccc1)/C=N/NC(=O)C(C)Oc1cccc(Cl)c1. The molecule has 2 aromatic carbocycles. The Morgan fingerprint density at radius 1 is 1.21 bits per heavy atom. The second kappa shape index (κ2) is 8.89. The number of rotatable bonds is 6. The van der Waals surface area contributed by atoms with E-state index in [-0.39, 0.29) is 5.91 Å². The molecule has 4 nitrogen and oxygen atoms in total. The van der Waals surface area contributed by atoms with Gasteiger partial charge in [0, 0.05) is 5.02 Å². The smallest absolute Gasteiger partial charge is 0.280 e. The minimum atomic E-state index is -0.681. The molecule has 0 radical (unpaired) electrons. The number of amides is 1. The molecule has 5 heteroatoms. The van der Waals surface area contributed by atoms with Crippen LogP contribution in [0.2, 0.25) is 5.02 Å². The number of halogens is 1. The molecule has 24 heavy (non-hydrogen) atoms. The Morgan fingerprint density at radius 3 is 2.67 bits per heavy atom. The van der Waals surface area contributed by atoms with E-state index < -0.39 is 6.10 Å². The lowest BCUT2D eigenvalue weighted by Gasteiger charge is -2.12. The highest BCUT2D eigenvalue weighted by Gasteiger charge is 2.13. The summed E-state index contributed by atoms with van der Waals surface area (Å²) in [6.45, 7) is 3.56. The average molecular weight is 343 g/mol. The first kappa shape index (κ1) is 17.8. The van der Waals surface area contributed by atoms with Crippen molar-refractivity contribution in [3.05, 3.63) is 70.8 Å². The molecular formula is C19H19ClN2O2. The van der Waals surface area contributed by atoms with Crippen molar-refractivity contribution in [1.82, 2.24) is 5.43 Å². The number of nitrogens with one attached hydrogen (secondary N) is 1. The predicted octanol–water partition coefficient (Wildman–Crippen LogP) is 4.31. The molecule has 1 atom stereocenters. The minimum Gasteiger partial charge on any atom is -0.481 e. The highest BCUT2D eigenvalue weighted by atomic mass is 35.5. The van der Waals surface area contributed by atoms with E-state index in [1.54, 1.807) is 37.4 Å². The molecule has 1 amide bonds. The first-order valence-corrected chi connectivity index (χ1v) is 7.91. The average Bonchev–Trinajstić information content (AvgIpc) is 2.55. The molecule has 124 valence electrons. The molecule has 0 spiro atoms. The van der Waals surface area contributed by atoms with Gasteiger partial charge in [-0.25, -0.2) is 5.43 Å². The summed E-state index contributed by atoms with van der Waals surface area (Å²) in [4.78, 5) is 12.0. The monoisotopic (exact) mass is 342 g/mol. The maximum atomic E-state index is 12.0. The van der Waals surface area contributed by atoms with Gasteiger partial charge in [0.1, 0.15) is 5.75 Å². The summed E-state index contributed by atoms with van der Waals surface area (Å²) < 4.78 is 5.53. The summed E-state index contributed by atoms with van der Waals surface area (Å²) in [5.74, 6) is 0.202. The molecule has 1 N–H and O–H groups in total. The molecule has 0 heterocycles. The number of allylic oxidation sites excluding steroid dienone is 1. The Kier molecular flexibility index (Phi) is 6.58. The van der Waals surface area contributed by atoms with Gasteiger partial charge < -0.3 is 4.74 Å². The van der Waals surface area contributed by atoms with Crippen LogP contribution in [0.5, 0.6) is 5.75 Å². The molecule has 0 aliphatic heterocycles. The van der Waals surface area contributed by atoms with Crippen molar-refractivity contribution in [3.8, 4) is 5.75 Å². The normalized spacial score (nSPS) is 12.9. The maximum absolute atomic E-state index is 12.0. The van der Waals surface area contributed by atoms with E-state index in [0.29, 0.717) is 10.8 Å². The van der Waals surface area contributed by atoms with Crippen LogP contribution in [0.3, 0.4) is 0 Å². The lowest BCUT2D eigenvalue weighted by molar-refractivity contribution is -0.127. The van der Waals surface area contributed by atoms with Gasteiger partial charge in [-0.2, -0.15) is 5.10 Å². The molecule has 0 aliphatic rings. The number of hydrogen-bond acceptors (Lipinski definition) is 3. The Bertz CT molecular complexity index is 742. The molecule has 0 aromatic heterocycles. The fourth-order valence-corrected chi connectivity index (χ4v) is 2.12. The lowest BCUT2D eigenvalue weighted by Crippen LogP contribution is -2.33. The first-order chi connectivity index (χ1) is 11.5. The van der Waals surface area contributed by atoms with Crippen LogP contribution in [0.15, 0.2) is 65.3 Å². The predicted molar refractivity (Wildman–Crippen MR) is 98.3 cm³/mol. The van der Waals surface area contributed by atoms with Gasteiger partial charge in [0.05, 0.1) is 6.21 Å². The molecular weight excluding hydrogens is 324 g/mol. The summed E-state index contributed by atoms with van der Waals surface area (Å²) in [7, 11) is 0. The van der Waals surface area contributed by atoms with Crippen molar-refractivity contribution in [2.45, 2.75) is 20.0 Å². The number of hydrogen-bond donors (Lipinski definition) is 1. The molecule has 0 fully saturated rings. The summed E-state index contributed by atoms with van der Waals surface area (Å²) in [5, 5.41) is 4.50. The van der Waals surface area contributed by atoms with Crippen molar-refractivity contribution < 1.29 is 9.53 Å². The van der Waals surface area contributed by atoms with Gasteiger partial charge in [0.2, 0.25) is 0 Å². The Balaban J connectivity index is 1.86. The fraction of sp³-hybridized carbons (Fsp3) is 0.158. The van der Waals surface area contributed by atoms with Crippen LogP contribution in [0, 0.1) is 0 Å². The van der Waals surface area contributed by atoms with Gasteiger partial charge >= 0.3 is 0 Å². The van der Waals surface area contributed by atoms with Gasteiger partial charge in [-0.15, -0.1) is 0 Å². The summed E-state index contributed by atoms with van der Waals surface area (Å²) >= 11 is 5.88. The minimum absolute atomic E-state index is 0.335. The number of hydrazone groups is 1. The number of carbonyl (C=O) groups is 1. The summed E-state index contributed by atoms with van der Waals surface area (Å²) in [6, 6.07) is 16.8. The van der Waals surface area contributed by atoms with Crippen LogP contribution in [0.1, 0.15) is 19.4 Å². The third kappa shape index (κ3) is 5.89. The van der Waals surface area contributed by atoms with Crippen molar-refractivity contribution >= 4 is 29.8 Å². The van der Waals surface area contributed by atoms with E-state index >= 15 is 0 Å². The highest BCUT2D eigenvalue weighted by molar-refractivity contribution is 6.30. The van der Waals surface area contributed by atoms with Gasteiger partial charge in [-0.3, -0.25) is 4.79 Å². The van der Waals surface area contributed by atoms with Crippen LogP contribution in [-0.4, -0.2) is 18.2 Å². The van der Waals surface area contributed by atoms with Crippen molar-refractivity contribution in [2.24, 2.45) is 5.10 Å². The van der Waals surface area contributed by atoms with E-state index in [0.717, 1.165) is 11.1 Å². The number of ether oxygens (including phenoxy) is 1.